The van der Waals surface area contributed by atoms with E-state index in [-0.39, 0.29) is 17.6 Å². The van der Waals surface area contributed by atoms with E-state index in [9.17, 15) is 9.59 Å². The SMILES string of the molecule is CCC(Oc1ccc(C)c(C)c1)C(=O)Nc1nnc(SCC(=O)OC)s1. The summed E-state index contributed by atoms with van der Waals surface area (Å²) in [5, 5.41) is 10.9. The third-order valence-corrected chi connectivity index (χ3v) is 5.54. The number of hydrogen-bond donors (Lipinski definition) is 1. The Balaban J connectivity index is 1.95. The van der Waals surface area contributed by atoms with Gasteiger partial charge in [-0.2, -0.15) is 0 Å². The maximum atomic E-state index is 12.4. The molecule has 7 nitrogen and oxygen atoms in total. The quantitative estimate of drug-likeness (QED) is 0.417. The Morgan fingerprint density at radius 1 is 1.27 bits per heavy atom. The first-order valence-corrected chi connectivity index (χ1v) is 9.81. The number of aromatic nitrogens is 2. The van der Waals surface area contributed by atoms with Gasteiger partial charge in [0.1, 0.15) is 5.75 Å². The molecule has 0 saturated heterocycles. The average Bonchev–Trinajstić information content (AvgIpc) is 3.07. The first kappa shape index (κ1) is 20.2. The van der Waals surface area contributed by atoms with Crippen molar-refractivity contribution < 1.29 is 19.1 Å². The van der Waals surface area contributed by atoms with Crippen molar-refractivity contribution >= 4 is 40.1 Å². The molecule has 1 amide bonds. The predicted molar refractivity (Wildman–Crippen MR) is 102 cm³/mol. The summed E-state index contributed by atoms with van der Waals surface area (Å²) in [5.74, 6) is 0.170. The van der Waals surface area contributed by atoms with Crippen LogP contribution >= 0.6 is 23.1 Å². The smallest absolute Gasteiger partial charge is 0.316 e. The fourth-order valence-electron chi connectivity index (χ4n) is 1.96. The van der Waals surface area contributed by atoms with Crippen molar-refractivity contribution in [2.45, 2.75) is 37.6 Å². The van der Waals surface area contributed by atoms with Crippen LogP contribution in [0.15, 0.2) is 22.5 Å². The number of anilines is 1. The van der Waals surface area contributed by atoms with Crippen LogP contribution in [0.3, 0.4) is 0 Å². The van der Waals surface area contributed by atoms with Crippen LogP contribution in [0.25, 0.3) is 0 Å². The van der Waals surface area contributed by atoms with Gasteiger partial charge in [-0.05, 0) is 43.5 Å². The van der Waals surface area contributed by atoms with Crippen molar-refractivity contribution in [2.75, 3.05) is 18.2 Å². The Kier molecular flexibility index (Phi) is 7.40. The summed E-state index contributed by atoms with van der Waals surface area (Å²) in [6.45, 7) is 5.90. The second-order valence-corrected chi connectivity index (χ2v) is 7.69. The summed E-state index contributed by atoms with van der Waals surface area (Å²) in [6.07, 6.45) is -0.117. The summed E-state index contributed by atoms with van der Waals surface area (Å²) in [7, 11) is 1.33. The van der Waals surface area contributed by atoms with Gasteiger partial charge in [0.15, 0.2) is 10.4 Å². The summed E-state index contributed by atoms with van der Waals surface area (Å²) in [5.41, 5.74) is 2.27. The lowest BCUT2D eigenvalue weighted by atomic mass is 10.1. The largest absolute Gasteiger partial charge is 0.481 e. The van der Waals surface area contributed by atoms with Gasteiger partial charge in [0.2, 0.25) is 5.13 Å². The molecule has 0 bridgehead atoms. The van der Waals surface area contributed by atoms with Gasteiger partial charge in [-0.1, -0.05) is 36.1 Å². The molecule has 0 spiro atoms. The normalized spacial score (nSPS) is 11.7. The molecule has 0 aliphatic heterocycles. The molecule has 9 heteroatoms. The van der Waals surface area contributed by atoms with Crippen molar-refractivity contribution in [2.24, 2.45) is 0 Å². The summed E-state index contributed by atoms with van der Waals surface area (Å²) in [4.78, 5) is 23.6. The molecule has 1 unspecified atom stereocenters. The van der Waals surface area contributed by atoms with E-state index in [1.165, 1.54) is 35.8 Å². The van der Waals surface area contributed by atoms with E-state index >= 15 is 0 Å². The molecule has 1 aromatic carbocycles. The molecule has 0 aliphatic rings. The number of carbonyl (C=O) groups is 2. The minimum atomic E-state index is -0.632. The van der Waals surface area contributed by atoms with Crippen LogP contribution in [-0.4, -0.2) is 41.0 Å². The lowest BCUT2D eigenvalue weighted by molar-refractivity contribution is -0.137. The highest BCUT2D eigenvalue weighted by Gasteiger charge is 2.20. The Bertz CT molecular complexity index is 779. The van der Waals surface area contributed by atoms with Crippen LogP contribution in [-0.2, 0) is 14.3 Å². The van der Waals surface area contributed by atoms with E-state index in [2.05, 4.69) is 20.3 Å². The predicted octanol–water partition coefficient (Wildman–Crippen LogP) is 3.22. The van der Waals surface area contributed by atoms with Crippen LogP contribution in [0.1, 0.15) is 24.5 Å². The number of carbonyl (C=O) groups excluding carboxylic acids is 2. The first-order valence-electron chi connectivity index (χ1n) is 8.00. The van der Waals surface area contributed by atoms with Crippen molar-refractivity contribution in [3.8, 4) is 5.75 Å². The van der Waals surface area contributed by atoms with Gasteiger partial charge in [0.05, 0.1) is 12.9 Å². The zero-order valence-corrected chi connectivity index (χ0v) is 16.7. The highest BCUT2D eigenvalue weighted by Crippen LogP contribution is 2.26. The Morgan fingerprint density at radius 3 is 2.69 bits per heavy atom. The molecule has 2 aromatic rings. The summed E-state index contributed by atoms with van der Waals surface area (Å²) in [6, 6.07) is 5.73. The standard InChI is InChI=1S/C17H21N3O4S2/c1-5-13(24-12-7-6-10(2)11(3)8-12)15(22)18-16-19-20-17(26-16)25-9-14(21)23-4/h6-8,13H,5,9H2,1-4H3,(H,18,19,22). The maximum absolute atomic E-state index is 12.4. The maximum Gasteiger partial charge on any atom is 0.316 e. The van der Waals surface area contributed by atoms with Crippen molar-refractivity contribution in [3.63, 3.8) is 0 Å². The number of benzene rings is 1. The molecular weight excluding hydrogens is 374 g/mol. The van der Waals surface area contributed by atoms with Crippen LogP contribution in [0.5, 0.6) is 5.75 Å². The van der Waals surface area contributed by atoms with E-state index < -0.39 is 6.10 Å². The highest BCUT2D eigenvalue weighted by molar-refractivity contribution is 8.01. The Morgan fingerprint density at radius 2 is 2.04 bits per heavy atom. The van der Waals surface area contributed by atoms with Gasteiger partial charge in [0.25, 0.3) is 5.91 Å². The fourth-order valence-corrected chi connectivity index (χ4v) is 3.55. The van der Waals surface area contributed by atoms with Gasteiger partial charge in [-0.25, -0.2) is 0 Å². The first-order chi connectivity index (χ1) is 12.4. The number of thioether (sulfide) groups is 1. The number of nitrogens with zero attached hydrogens (tertiary/aromatic N) is 2. The van der Waals surface area contributed by atoms with Crippen molar-refractivity contribution in [3.05, 3.63) is 29.3 Å². The minimum Gasteiger partial charge on any atom is -0.481 e. The van der Waals surface area contributed by atoms with E-state index in [0.29, 0.717) is 21.6 Å². The van der Waals surface area contributed by atoms with E-state index in [1.807, 2.05) is 39.0 Å². The number of methoxy groups -OCH3 is 1. The monoisotopic (exact) mass is 395 g/mol. The molecule has 1 N–H and O–H groups in total. The third-order valence-electron chi connectivity index (χ3n) is 3.60. The molecule has 1 heterocycles. The minimum absolute atomic E-state index is 0.145. The van der Waals surface area contributed by atoms with Crippen molar-refractivity contribution in [1.29, 1.82) is 0 Å². The number of nitrogens with one attached hydrogen (secondary N) is 1. The number of amides is 1. The second-order valence-electron chi connectivity index (χ2n) is 5.49. The molecule has 1 atom stereocenters. The highest BCUT2D eigenvalue weighted by atomic mass is 32.2. The topological polar surface area (TPSA) is 90.4 Å². The molecule has 0 fully saturated rings. The third kappa shape index (κ3) is 5.70. The molecule has 0 aliphatic carbocycles. The average molecular weight is 396 g/mol. The van der Waals surface area contributed by atoms with E-state index in [4.69, 9.17) is 4.74 Å². The van der Waals surface area contributed by atoms with Crippen LogP contribution in [0, 0.1) is 13.8 Å². The fraction of sp³-hybridized carbons (Fsp3) is 0.412. The van der Waals surface area contributed by atoms with Gasteiger partial charge in [0, 0.05) is 0 Å². The lowest BCUT2D eigenvalue weighted by Crippen LogP contribution is -2.32. The number of aryl methyl sites for hydroxylation is 2. The van der Waals surface area contributed by atoms with Crippen LogP contribution < -0.4 is 10.1 Å². The number of esters is 1. The molecule has 140 valence electrons. The zero-order valence-electron chi connectivity index (χ0n) is 15.1. The molecule has 1 aromatic heterocycles. The Labute approximate surface area is 160 Å². The Hall–Kier alpha value is -2.13. The van der Waals surface area contributed by atoms with Gasteiger partial charge in [-0.3, -0.25) is 14.9 Å². The number of hydrogen-bond acceptors (Lipinski definition) is 8. The lowest BCUT2D eigenvalue weighted by Gasteiger charge is -2.17. The molecule has 2 rings (SSSR count). The molecule has 26 heavy (non-hydrogen) atoms. The van der Waals surface area contributed by atoms with E-state index in [0.717, 1.165) is 5.56 Å². The molecule has 0 saturated carbocycles. The summed E-state index contributed by atoms with van der Waals surface area (Å²) >= 11 is 2.41. The summed E-state index contributed by atoms with van der Waals surface area (Å²) < 4.78 is 11.0. The second kappa shape index (κ2) is 9.54. The van der Waals surface area contributed by atoms with Crippen LogP contribution in [0.2, 0.25) is 0 Å². The van der Waals surface area contributed by atoms with Gasteiger partial charge in [-0.15, -0.1) is 10.2 Å². The van der Waals surface area contributed by atoms with Crippen molar-refractivity contribution in [1.82, 2.24) is 10.2 Å². The van der Waals surface area contributed by atoms with Crippen LogP contribution in [0.4, 0.5) is 5.13 Å². The number of ether oxygens (including phenoxy) is 2. The molecular formula is C17H21N3O4S2. The number of rotatable bonds is 8. The van der Waals surface area contributed by atoms with Gasteiger partial charge >= 0.3 is 5.97 Å². The zero-order chi connectivity index (χ0) is 19.1. The van der Waals surface area contributed by atoms with E-state index in [1.54, 1.807) is 0 Å². The van der Waals surface area contributed by atoms with Gasteiger partial charge < -0.3 is 9.47 Å². The molecule has 0 radical (unpaired) electrons.